The van der Waals surface area contributed by atoms with E-state index in [9.17, 15) is 18.7 Å². The fourth-order valence-electron chi connectivity index (χ4n) is 3.68. The van der Waals surface area contributed by atoms with Crippen molar-refractivity contribution in [1.29, 1.82) is 0 Å². The molecule has 1 saturated heterocycles. The Morgan fingerprint density at radius 2 is 1.81 bits per heavy atom. The number of anilines is 1. The van der Waals surface area contributed by atoms with Gasteiger partial charge >= 0.3 is 6.61 Å². The lowest BCUT2D eigenvalue weighted by atomic mass is 9.96. The van der Waals surface area contributed by atoms with Gasteiger partial charge < -0.3 is 19.9 Å². The van der Waals surface area contributed by atoms with Crippen LogP contribution < -0.4 is 14.8 Å². The quantitative estimate of drug-likeness (QED) is 0.635. The lowest BCUT2D eigenvalue weighted by Crippen LogP contribution is -2.38. The molecule has 1 aliphatic rings. The number of carbonyl (C=O) groups excluding carboxylic acids is 1. The van der Waals surface area contributed by atoms with E-state index in [1.807, 2.05) is 36.9 Å². The lowest BCUT2D eigenvalue weighted by Gasteiger charge is -2.27. The predicted octanol–water partition coefficient (Wildman–Crippen LogP) is 4.14. The van der Waals surface area contributed by atoms with E-state index >= 15 is 0 Å². The first kappa shape index (κ1) is 23.9. The van der Waals surface area contributed by atoms with E-state index in [2.05, 4.69) is 10.1 Å². The molecule has 2 aromatic rings. The molecule has 0 saturated carbocycles. The summed E-state index contributed by atoms with van der Waals surface area (Å²) in [4.78, 5) is 14.4. The highest BCUT2D eigenvalue weighted by molar-refractivity contribution is 5.92. The molecular formula is C24H30F2N2O4. The molecule has 1 aliphatic heterocycles. The van der Waals surface area contributed by atoms with Gasteiger partial charge in [-0.3, -0.25) is 9.69 Å². The van der Waals surface area contributed by atoms with Gasteiger partial charge in [-0.2, -0.15) is 8.78 Å². The van der Waals surface area contributed by atoms with E-state index in [-0.39, 0.29) is 24.8 Å². The van der Waals surface area contributed by atoms with Crippen molar-refractivity contribution in [2.45, 2.75) is 45.3 Å². The third kappa shape index (κ3) is 7.17. The second kappa shape index (κ2) is 10.7. The van der Waals surface area contributed by atoms with Crippen molar-refractivity contribution in [1.82, 2.24) is 4.90 Å². The molecule has 1 atom stereocenters. The van der Waals surface area contributed by atoms with Crippen LogP contribution in [0.4, 0.5) is 14.5 Å². The normalized spacial score (nSPS) is 19.4. The van der Waals surface area contributed by atoms with Gasteiger partial charge in [-0.15, -0.1) is 0 Å². The number of benzene rings is 2. The molecule has 0 spiro atoms. The summed E-state index contributed by atoms with van der Waals surface area (Å²) in [6.45, 7) is 2.84. The molecule has 8 heteroatoms. The highest BCUT2D eigenvalue weighted by Gasteiger charge is 2.31. The third-order valence-electron chi connectivity index (χ3n) is 5.73. The number of aliphatic hydroxyl groups is 1. The lowest BCUT2D eigenvalue weighted by molar-refractivity contribution is -0.117. The molecule has 32 heavy (non-hydrogen) atoms. The first-order valence-electron chi connectivity index (χ1n) is 10.7. The summed E-state index contributed by atoms with van der Waals surface area (Å²) in [6, 6.07) is 11.7. The first-order valence-corrected chi connectivity index (χ1v) is 10.7. The van der Waals surface area contributed by atoms with E-state index in [0.29, 0.717) is 31.6 Å². The number of amides is 1. The average molecular weight is 449 g/mol. The number of alkyl halides is 2. The van der Waals surface area contributed by atoms with Crippen LogP contribution in [0.25, 0.3) is 0 Å². The number of nitrogens with zero attached hydrogens (tertiary/aromatic N) is 1. The Morgan fingerprint density at radius 3 is 2.50 bits per heavy atom. The van der Waals surface area contributed by atoms with E-state index in [1.165, 1.54) is 29.8 Å². The minimum Gasteiger partial charge on any atom is -0.491 e. The highest BCUT2D eigenvalue weighted by atomic mass is 19.3. The van der Waals surface area contributed by atoms with Gasteiger partial charge in [0.2, 0.25) is 5.91 Å². The molecule has 2 N–H and O–H groups in total. The largest absolute Gasteiger partial charge is 0.491 e. The maximum Gasteiger partial charge on any atom is 0.387 e. The van der Waals surface area contributed by atoms with Gasteiger partial charge in [0.15, 0.2) is 0 Å². The van der Waals surface area contributed by atoms with Crippen molar-refractivity contribution in [3.05, 3.63) is 53.6 Å². The van der Waals surface area contributed by atoms with Crippen LogP contribution >= 0.6 is 0 Å². The van der Waals surface area contributed by atoms with E-state index < -0.39 is 12.2 Å². The summed E-state index contributed by atoms with van der Waals surface area (Å²) >= 11 is 0. The van der Waals surface area contributed by atoms with E-state index in [4.69, 9.17) is 4.74 Å². The van der Waals surface area contributed by atoms with Gasteiger partial charge in [0, 0.05) is 12.2 Å². The number of nitrogens with one attached hydrogen (secondary N) is 1. The molecule has 1 amide bonds. The number of aryl methyl sites for hydroxylation is 2. The van der Waals surface area contributed by atoms with Crippen LogP contribution in [0.15, 0.2) is 42.5 Å². The minimum absolute atomic E-state index is 0.0350. The van der Waals surface area contributed by atoms with Crippen LogP contribution in [-0.2, 0) is 4.79 Å². The Hall–Kier alpha value is -2.71. The molecule has 0 radical (unpaired) electrons. The molecule has 3 rings (SSSR count). The van der Waals surface area contributed by atoms with Crippen LogP contribution in [0.2, 0.25) is 0 Å². The Kier molecular flexibility index (Phi) is 8.04. The van der Waals surface area contributed by atoms with Gasteiger partial charge in [0.25, 0.3) is 0 Å². The van der Waals surface area contributed by atoms with Gasteiger partial charge in [-0.1, -0.05) is 6.07 Å². The number of ether oxygens (including phenoxy) is 2. The smallest absolute Gasteiger partial charge is 0.387 e. The molecular weight excluding hydrogens is 418 g/mol. The van der Waals surface area contributed by atoms with Gasteiger partial charge in [0.1, 0.15) is 18.1 Å². The second-order valence-electron chi connectivity index (χ2n) is 8.34. The second-order valence-corrected chi connectivity index (χ2v) is 8.34. The molecule has 174 valence electrons. The van der Waals surface area contributed by atoms with Crippen molar-refractivity contribution in [3.8, 4) is 11.5 Å². The maximum absolute atomic E-state index is 12.4. The van der Waals surface area contributed by atoms with E-state index in [1.54, 1.807) is 0 Å². The molecule has 0 aliphatic carbocycles. The molecule has 6 nitrogen and oxygen atoms in total. The molecule has 0 bridgehead atoms. The monoisotopic (exact) mass is 448 g/mol. The molecule has 1 heterocycles. The summed E-state index contributed by atoms with van der Waals surface area (Å²) < 4.78 is 34.6. The van der Waals surface area contributed by atoms with Gasteiger partial charge in [-0.05, 0) is 87.2 Å². The van der Waals surface area contributed by atoms with Crippen molar-refractivity contribution in [3.63, 3.8) is 0 Å². The topological polar surface area (TPSA) is 71.0 Å². The van der Waals surface area contributed by atoms with E-state index in [0.717, 1.165) is 17.7 Å². The molecule has 1 fully saturated rings. The summed E-state index contributed by atoms with van der Waals surface area (Å²) in [7, 11) is 0. The Balaban J connectivity index is 1.46. The average Bonchev–Trinajstić information content (AvgIpc) is 2.92. The first-order chi connectivity index (χ1) is 15.2. The standard InChI is InChI=1S/C24H30F2N2O4/c1-17-4-7-21(14-18(17)2)31-16-24(30)10-3-12-28(13-11-24)15-22(29)27-19-5-8-20(9-6-19)32-23(25)26/h4-9,14,23,30H,3,10-13,15-16H2,1-2H3,(H,27,29). The molecule has 1 unspecified atom stereocenters. The Bertz CT molecular complexity index is 907. The highest BCUT2D eigenvalue weighted by Crippen LogP contribution is 2.25. The Labute approximate surface area is 187 Å². The number of halogens is 2. The number of hydrogen-bond donors (Lipinski definition) is 2. The zero-order valence-electron chi connectivity index (χ0n) is 18.4. The molecule has 0 aromatic heterocycles. The van der Waals surface area contributed by atoms with Crippen molar-refractivity contribution in [2.75, 3.05) is 31.6 Å². The third-order valence-corrected chi connectivity index (χ3v) is 5.73. The van der Waals surface area contributed by atoms with Gasteiger partial charge in [0.05, 0.1) is 12.1 Å². The van der Waals surface area contributed by atoms with Crippen molar-refractivity contribution < 1.29 is 28.2 Å². The Morgan fingerprint density at radius 1 is 1.09 bits per heavy atom. The maximum atomic E-state index is 12.4. The fraction of sp³-hybridized carbons (Fsp3) is 0.458. The number of carbonyl (C=O) groups is 1. The summed E-state index contributed by atoms with van der Waals surface area (Å²) in [5.41, 5.74) is 1.90. The van der Waals surface area contributed by atoms with Crippen molar-refractivity contribution in [2.24, 2.45) is 0 Å². The van der Waals surface area contributed by atoms with Crippen LogP contribution in [0, 0.1) is 13.8 Å². The zero-order valence-corrected chi connectivity index (χ0v) is 18.4. The predicted molar refractivity (Wildman–Crippen MR) is 118 cm³/mol. The number of hydrogen-bond acceptors (Lipinski definition) is 5. The van der Waals surface area contributed by atoms with Crippen LogP contribution in [0.1, 0.15) is 30.4 Å². The minimum atomic E-state index is -2.89. The summed E-state index contributed by atoms with van der Waals surface area (Å²) in [6.07, 6.45) is 1.85. The molecule has 2 aromatic carbocycles. The SMILES string of the molecule is Cc1ccc(OCC2(O)CCCN(CC(=O)Nc3ccc(OC(F)F)cc3)CC2)cc1C. The van der Waals surface area contributed by atoms with Gasteiger partial charge in [-0.25, -0.2) is 0 Å². The zero-order chi connectivity index (χ0) is 23.1. The number of likely N-dealkylation sites (tertiary alicyclic amines) is 1. The summed E-state index contributed by atoms with van der Waals surface area (Å²) in [5, 5.41) is 13.8. The van der Waals surface area contributed by atoms with Crippen molar-refractivity contribution >= 4 is 11.6 Å². The van der Waals surface area contributed by atoms with Crippen LogP contribution in [-0.4, -0.2) is 54.4 Å². The number of rotatable bonds is 8. The fourth-order valence-corrected chi connectivity index (χ4v) is 3.68. The summed E-state index contributed by atoms with van der Waals surface area (Å²) in [5.74, 6) is 0.573. The van der Waals surface area contributed by atoms with Crippen LogP contribution in [0.5, 0.6) is 11.5 Å². The van der Waals surface area contributed by atoms with Crippen LogP contribution in [0.3, 0.4) is 0 Å².